The van der Waals surface area contributed by atoms with Crippen molar-refractivity contribution in [3.8, 4) is 11.3 Å². The lowest BCUT2D eigenvalue weighted by molar-refractivity contribution is 1.17. The first-order valence-electron chi connectivity index (χ1n) is 10.4. The van der Waals surface area contributed by atoms with Gasteiger partial charge in [-0.3, -0.25) is 4.98 Å². The van der Waals surface area contributed by atoms with Crippen LogP contribution in [0.2, 0.25) is 0 Å². The number of nitrogen functional groups attached to an aromatic ring is 2. The Morgan fingerprint density at radius 2 is 1.41 bits per heavy atom. The molecular formula is C27H20N4S. The maximum atomic E-state index is 6.18. The lowest BCUT2D eigenvalue weighted by Crippen LogP contribution is -2.15. The minimum absolute atomic E-state index is 0.730. The number of pyridine rings is 1. The summed E-state index contributed by atoms with van der Waals surface area (Å²) in [6.45, 7) is 0. The predicted octanol–water partition coefficient (Wildman–Crippen LogP) is 7.00. The van der Waals surface area contributed by atoms with Gasteiger partial charge in [0.05, 0.1) is 17.1 Å². The molecule has 0 saturated heterocycles. The second kappa shape index (κ2) is 7.32. The Balaban J connectivity index is 1.57. The van der Waals surface area contributed by atoms with E-state index in [2.05, 4.69) is 65.6 Å². The average Bonchev–Trinajstić information content (AvgIpc) is 2.82. The van der Waals surface area contributed by atoms with Crippen LogP contribution in [0.15, 0.2) is 107 Å². The molecule has 0 unspecified atom stereocenters. The van der Waals surface area contributed by atoms with E-state index in [9.17, 15) is 0 Å². The molecule has 6 rings (SSSR count). The molecule has 154 valence electrons. The summed E-state index contributed by atoms with van der Waals surface area (Å²) in [6, 6.07) is 31.0. The van der Waals surface area contributed by atoms with E-state index in [0.29, 0.717) is 0 Å². The second-order valence-electron chi connectivity index (χ2n) is 7.82. The number of nitrogens with zero attached hydrogens (tertiary/aromatic N) is 2. The third-order valence-corrected chi connectivity index (χ3v) is 6.85. The van der Waals surface area contributed by atoms with Gasteiger partial charge in [0.15, 0.2) is 0 Å². The van der Waals surface area contributed by atoms with Gasteiger partial charge in [0.2, 0.25) is 0 Å². The van der Waals surface area contributed by atoms with Gasteiger partial charge in [-0.1, -0.05) is 48.2 Å². The third kappa shape index (κ3) is 3.06. The van der Waals surface area contributed by atoms with Gasteiger partial charge >= 0.3 is 0 Å². The number of hydrogen-bond acceptors (Lipinski definition) is 5. The normalized spacial score (nSPS) is 12.4. The molecule has 4 N–H and O–H groups in total. The van der Waals surface area contributed by atoms with E-state index in [-0.39, 0.29) is 0 Å². The van der Waals surface area contributed by atoms with Gasteiger partial charge in [-0.05, 0) is 60.0 Å². The van der Waals surface area contributed by atoms with Crippen LogP contribution in [-0.4, -0.2) is 4.98 Å². The first-order valence-corrected chi connectivity index (χ1v) is 11.2. The molecule has 1 aliphatic heterocycles. The zero-order chi connectivity index (χ0) is 21.7. The molecule has 1 aromatic heterocycles. The molecule has 2 heterocycles. The van der Waals surface area contributed by atoms with E-state index >= 15 is 0 Å². The summed E-state index contributed by atoms with van der Waals surface area (Å²) in [7, 11) is 0. The van der Waals surface area contributed by atoms with Crippen molar-refractivity contribution in [2.24, 2.45) is 0 Å². The van der Waals surface area contributed by atoms with Crippen molar-refractivity contribution in [2.45, 2.75) is 9.79 Å². The molecule has 0 bridgehead atoms. The fraction of sp³-hybridized carbons (Fsp3) is 0. The zero-order valence-corrected chi connectivity index (χ0v) is 18.0. The smallest absolute Gasteiger partial charge is 0.0781 e. The predicted molar refractivity (Wildman–Crippen MR) is 135 cm³/mol. The largest absolute Gasteiger partial charge is 0.399 e. The van der Waals surface area contributed by atoms with Crippen LogP contribution >= 0.6 is 11.8 Å². The van der Waals surface area contributed by atoms with Crippen LogP contribution in [0.3, 0.4) is 0 Å². The van der Waals surface area contributed by atoms with E-state index in [0.717, 1.165) is 54.9 Å². The van der Waals surface area contributed by atoms with Gasteiger partial charge in [0.25, 0.3) is 0 Å². The fourth-order valence-electron chi connectivity index (χ4n) is 4.26. The van der Waals surface area contributed by atoms with Gasteiger partial charge < -0.3 is 16.4 Å². The van der Waals surface area contributed by atoms with Crippen LogP contribution < -0.4 is 16.4 Å². The highest BCUT2D eigenvalue weighted by molar-refractivity contribution is 7.99. The Labute approximate surface area is 190 Å². The molecule has 0 amide bonds. The molecule has 0 aliphatic carbocycles. The number of fused-ring (bicyclic) bond motifs is 3. The van der Waals surface area contributed by atoms with Gasteiger partial charge in [-0.15, -0.1) is 0 Å². The number of rotatable bonds is 2. The van der Waals surface area contributed by atoms with Crippen molar-refractivity contribution in [1.29, 1.82) is 0 Å². The first kappa shape index (κ1) is 18.8. The minimum Gasteiger partial charge on any atom is -0.399 e. The maximum Gasteiger partial charge on any atom is 0.0781 e. The van der Waals surface area contributed by atoms with E-state index in [1.54, 1.807) is 11.8 Å². The van der Waals surface area contributed by atoms with Crippen LogP contribution in [0.5, 0.6) is 0 Å². The molecule has 0 fully saturated rings. The second-order valence-corrected chi connectivity index (χ2v) is 8.91. The molecule has 1 aliphatic rings. The summed E-state index contributed by atoms with van der Waals surface area (Å²) < 4.78 is 0. The third-order valence-electron chi connectivity index (χ3n) is 5.72. The Morgan fingerprint density at radius 1 is 0.688 bits per heavy atom. The van der Waals surface area contributed by atoms with E-state index in [1.807, 2.05) is 36.5 Å². The highest BCUT2D eigenvalue weighted by atomic mass is 32.2. The van der Waals surface area contributed by atoms with Crippen LogP contribution in [-0.2, 0) is 0 Å². The van der Waals surface area contributed by atoms with E-state index in [4.69, 9.17) is 16.5 Å². The van der Waals surface area contributed by atoms with E-state index < -0.39 is 0 Å². The van der Waals surface area contributed by atoms with Crippen LogP contribution in [0.4, 0.5) is 28.4 Å². The van der Waals surface area contributed by atoms with Gasteiger partial charge in [-0.25, -0.2) is 0 Å². The molecule has 32 heavy (non-hydrogen) atoms. The standard InChI is InChI=1S/C27H20N4S/c28-19-8-10-25-23(15-19)31(24-16-20(29)9-11-26(24)32-25)21-6-3-5-18(14-21)27-22-7-2-1-4-17(22)12-13-30-27/h1-16H,28-29H2. The monoisotopic (exact) mass is 432 g/mol. The molecule has 4 nitrogen and oxygen atoms in total. The van der Waals surface area contributed by atoms with Crippen molar-refractivity contribution in [2.75, 3.05) is 16.4 Å². The Hall–Kier alpha value is -3.96. The van der Waals surface area contributed by atoms with Gasteiger partial charge in [0, 0.05) is 44.0 Å². The number of hydrogen-bond donors (Lipinski definition) is 2. The van der Waals surface area contributed by atoms with Crippen LogP contribution in [0, 0.1) is 0 Å². The topological polar surface area (TPSA) is 68.2 Å². The summed E-state index contributed by atoms with van der Waals surface area (Å²) in [5, 5.41) is 2.31. The van der Waals surface area contributed by atoms with Gasteiger partial charge in [0.1, 0.15) is 0 Å². The zero-order valence-electron chi connectivity index (χ0n) is 17.2. The summed E-state index contributed by atoms with van der Waals surface area (Å²) in [6.07, 6.45) is 1.87. The summed E-state index contributed by atoms with van der Waals surface area (Å²) in [5.74, 6) is 0. The van der Waals surface area contributed by atoms with Crippen molar-refractivity contribution < 1.29 is 0 Å². The molecule has 5 aromatic rings. The van der Waals surface area contributed by atoms with Gasteiger partial charge in [-0.2, -0.15) is 0 Å². The van der Waals surface area contributed by atoms with Crippen molar-refractivity contribution in [3.63, 3.8) is 0 Å². The van der Waals surface area contributed by atoms with E-state index in [1.165, 1.54) is 5.39 Å². The molecular weight excluding hydrogens is 412 g/mol. The molecule has 0 radical (unpaired) electrons. The lowest BCUT2D eigenvalue weighted by Gasteiger charge is -2.33. The summed E-state index contributed by atoms with van der Waals surface area (Å²) >= 11 is 1.74. The first-order chi connectivity index (χ1) is 15.7. The van der Waals surface area contributed by atoms with Crippen molar-refractivity contribution in [1.82, 2.24) is 4.98 Å². The number of nitrogens with two attached hydrogens (primary N) is 2. The Bertz CT molecular complexity index is 1440. The average molecular weight is 433 g/mol. The summed E-state index contributed by atoms with van der Waals surface area (Å²) in [5.41, 5.74) is 19.0. The van der Waals surface area contributed by atoms with Crippen LogP contribution in [0.25, 0.3) is 22.0 Å². The molecule has 0 spiro atoms. The SMILES string of the molecule is Nc1ccc2c(c1)N(c1cccc(-c3nccc4ccccc34)c1)c1cc(N)ccc1S2. The molecule has 4 aromatic carbocycles. The van der Waals surface area contributed by atoms with Crippen LogP contribution in [0.1, 0.15) is 0 Å². The number of aromatic nitrogens is 1. The highest BCUT2D eigenvalue weighted by Crippen LogP contribution is 2.52. The van der Waals surface area contributed by atoms with Crippen molar-refractivity contribution in [3.05, 3.63) is 97.2 Å². The summed E-state index contributed by atoms with van der Waals surface area (Å²) in [4.78, 5) is 9.27. The van der Waals surface area contributed by atoms with Crippen molar-refractivity contribution >= 4 is 51.0 Å². The number of anilines is 5. The Morgan fingerprint density at radius 3 is 2.16 bits per heavy atom. The number of benzene rings is 4. The molecule has 0 atom stereocenters. The minimum atomic E-state index is 0.730. The highest BCUT2D eigenvalue weighted by Gasteiger charge is 2.25. The lowest BCUT2D eigenvalue weighted by atomic mass is 10.0. The maximum absolute atomic E-state index is 6.18. The molecule has 5 heteroatoms. The molecule has 0 saturated carbocycles. The Kier molecular flexibility index (Phi) is 4.30. The fourth-order valence-corrected chi connectivity index (χ4v) is 5.28. The quantitative estimate of drug-likeness (QED) is 0.288.